The summed E-state index contributed by atoms with van der Waals surface area (Å²) in [6, 6.07) is 8.56. The number of benzene rings is 1. The molecule has 1 N–H and O–H groups in total. The first-order valence-corrected chi connectivity index (χ1v) is 7.17. The van der Waals surface area contributed by atoms with E-state index in [9.17, 15) is 0 Å². The maximum Gasteiger partial charge on any atom is 0.124 e. The van der Waals surface area contributed by atoms with Crippen LogP contribution < -0.4 is 10.1 Å². The second kappa shape index (κ2) is 8.94. The Kier molecular flexibility index (Phi) is 7.53. The van der Waals surface area contributed by atoms with Gasteiger partial charge in [-0.15, -0.1) is 0 Å². The molecule has 1 unspecified atom stereocenters. The molecule has 19 heavy (non-hydrogen) atoms. The van der Waals surface area contributed by atoms with E-state index in [-0.39, 0.29) is 12.1 Å². The molecule has 0 aliphatic rings. The Balaban J connectivity index is 2.85. The van der Waals surface area contributed by atoms with Gasteiger partial charge in [-0.3, -0.25) is 0 Å². The van der Waals surface area contributed by atoms with Crippen molar-refractivity contribution in [2.45, 2.75) is 45.8 Å². The molecule has 1 atom stereocenters. The van der Waals surface area contributed by atoms with Gasteiger partial charge in [0.1, 0.15) is 5.75 Å². The molecule has 0 saturated carbocycles. The molecule has 0 radical (unpaired) electrons. The first-order valence-electron chi connectivity index (χ1n) is 7.17. The molecule has 0 fully saturated rings. The predicted octanol–water partition coefficient (Wildman–Crippen LogP) is 3.55. The Morgan fingerprint density at radius 3 is 2.58 bits per heavy atom. The third-order valence-electron chi connectivity index (χ3n) is 2.91. The van der Waals surface area contributed by atoms with Crippen LogP contribution in [0.5, 0.6) is 5.75 Å². The smallest absolute Gasteiger partial charge is 0.124 e. The minimum atomic E-state index is 0.190. The summed E-state index contributed by atoms with van der Waals surface area (Å²) in [7, 11) is 1.74. The molecule has 3 nitrogen and oxygen atoms in total. The quantitative estimate of drug-likeness (QED) is 0.740. The van der Waals surface area contributed by atoms with Crippen LogP contribution >= 0.6 is 0 Å². The topological polar surface area (TPSA) is 30.5 Å². The van der Waals surface area contributed by atoms with Gasteiger partial charge in [-0.2, -0.15) is 0 Å². The average Bonchev–Trinajstić information content (AvgIpc) is 2.39. The zero-order valence-electron chi connectivity index (χ0n) is 12.6. The summed E-state index contributed by atoms with van der Waals surface area (Å²) in [6.45, 7) is 8.04. The second-order valence-electron chi connectivity index (χ2n) is 4.99. The number of nitrogens with one attached hydrogen (secondary N) is 1. The van der Waals surface area contributed by atoms with E-state index in [0.717, 1.165) is 31.7 Å². The van der Waals surface area contributed by atoms with Crippen LogP contribution in [0.15, 0.2) is 24.3 Å². The molecular formula is C16H27NO2. The Morgan fingerprint density at radius 2 is 1.95 bits per heavy atom. The van der Waals surface area contributed by atoms with Gasteiger partial charge in [-0.05, 0) is 39.3 Å². The van der Waals surface area contributed by atoms with E-state index in [1.165, 1.54) is 5.56 Å². The zero-order chi connectivity index (χ0) is 14.1. The highest BCUT2D eigenvalue weighted by Gasteiger charge is 2.15. The lowest BCUT2D eigenvalue weighted by atomic mass is 10.0. The first-order chi connectivity index (χ1) is 9.19. The molecule has 3 heteroatoms. The monoisotopic (exact) mass is 265 g/mol. The molecule has 0 saturated heterocycles. The number of rotatable bonds is 9. The summed E-state index contributed by atoms with van der Waals surface area (Å²) in [5, 5.41) is 3.57. The molecule has 0 spiro atoms. The van der Waals surface area contributed by atoms with Gasteiger partial charge in [0.05, 0.1) is 6.10 Å². The van der Waals surface area contributed by atoms with Gasteiger partial charge in [-0.25, -0.2) is 0 Å². The lowest BCUT2D eigenvalue weighted by Gasteiger charge is -2.22. The minimum Gasteiger partial charge on any atom is -0.491 e. The maximum absolute atomic E-state index is 5.91. The third-order valence-corrected chi connectivity index (χ3v) is 2.91. The van der Waals surface area contributed by atoms with E-state index in [4.69, 9.17) is 9.47 Å². The lowest BCUT2D eigenvalue weighted by Crippen LogP contribution is -2.24. The molecular weight excluding hydrogens is 238 g/mol. The first kappa shape index (κ1) is 16.0. The summed E-state index contributed by atoms with van der Waals surface area (Å²) in [5.41, 5.74) is 1.22. The molecule has 0 bridgehead atoms. The number of ether oxygens (including phenoxy) is 2. The molecule has 0 heterocycles. The van der Waals surface area contributed by atoms with Crippen molar-refractivity contribution >= 4 is 0 Å². The molecule has 0 aliphatic carbocycles. The standard InChI is InChI=1S/C16H27NO2/c1-5-11-17-15(10-12-18-4)14-8-6-7-9-16(14)19-13(2)3/h6-9,13,15,17H,5,10-12H2,1-4H3. The van der Waals surface area contributed by atoms with Crippen LogP contribution in [0.4, 0.5) is 0 Å². The fraction of sp³-hybridized carbons (Fsp3) is 0.625. The molecule has 1 aromatic rings. The number of hydrogen-bond acceptors (Lipinski definition) is 3. The van der Waals surface area contributed by atoms with Crippen molar-refractivity contribution in [3.05, 3.63) is 29.8 Å². The molecule has 108 valence electrons. The summed E-state index contributed by atoms with van der Waals surface area (Å²) in [4.78, 5) is 0. The van der Waals surface area contributed by atoms with Crippen LogP contribution in [0.2, 0.25) is 0 Å². The predicted molar refractivity (Wildman–Crippen MR) is 79.7 cm³/mol. The average molecular weight is 265 g/mol. The van der Waals surface area contributed by atoms with Crippen LogP contribution in [-0.4, -0.2) is 26.4 Å². The lowest BCUT2D eigenvalue weighted by molar-refractivity contribution is 0.181. The van der Waals surface area contributed by atoms with Crippen LogP contribution in [0.1, 0.15) is 45.2 Å². The van der Waals surface area contributed by atoms with Crippen LogP contribution in [-0.2, 0) is 4.74 Å². The summed E-state index contributed by atoms with van der Waals surface area (Å²) in [5.74, 6) is 0.974. The summed E-state index contributed by atoms with van der Waals surface area (Å²) >= 11 is 0. The summed E-state index contributed by atoms with van der Waals surface area (Å²) in [6.07, 6.45) is 2.27. The SMILES string of the molecule is CCCNC(CCOC)c1ccccc1OC(C)C. The highest BCUT2D eigenvalue weighted by Crippen LogP contribution is 2.28. The Morgan fingerprint density at radius 1 is 1.21 bits per heavy atom. The van der Waals surface area contributed by atoms with Gasteiger partial charge < -0.3 is 14.8 Å². The molecule has 1 rings (SSSR count). The van der Waals surface area contributed by atoms with Crippen LogP contribution in [0.25, 0.3) is 0 Å². The highest BCUT2D eigenvalue weighted by atomic mass is 16.5. The fourth-order valence-electron chi connectivity index (χ4n) is 2.05. The second-order valence-corrected chi connectivity index (χ2v) is 4.99. The van der Waals surface area contributed by atoms with E-state index in [1.807, 2.05) is 12.1 Å². The van der Waals surface area contributed by atoms with Gasteiger partial charge in [0.15, 0.2) is 0 Å². The van der Waals surface area contributed by atoms with Crippen LogP contribution in [0.3, 0.4) is 0 Å². The Hall–Kier alpha value is -1.06. The van der Waals surface area contributed by atoms with Gasteiger partial charge in [0.2, 0.25) is 0 Å². The molecule has 0 aromatic heterocycles. The van der Waals surface area contributed by atoms with Crippen molar-refractivity contribution in [2.24, 2.45) is 0 Å². The largest absolute Gasteiger partial charge is 0.491 e. The van der Waals surface area contributed by atoms with Gasteiger partial charge in [0, 0.05) is 25.3 Å². The van der Waals surface area contributed by atoms with Crippen molar-refractivity contribution in [3.8, 4) is 5.75 Å². The van der Waals surface area contributed by atoms with Crippen molar-refractivity contribution in [2.75, 3.05) is 20.3 Å². The fourth-order valence-corrected chi connectivity index (χ4v) is 2.05. The van der Waals surface area contributed by atoms with E-state index in [1.54, 1.807) is 7.11 Å². The van der Waals surface area contributed by atoms with E-state index in [0.29, 0.717) is 0 Å². The number of hydrogen-bond donors (Lipinski definition) is 1. The Labute approximate surface area is 117 Å². The van der Waals surface area contributed by atoms with Gasteiger partial charge in [-0.1, -0.05) is 25.1 Å². The van der Waals surface area contributed by atoms with Crippen molar-refractivity contribution in [3.63, 3.8) is 0 Å². The molecule has 1 aromatic carbocycles. The third kappa shape index (κ3) is 5.62. The molecule has 0 aliphatic heterocycles. The van der Waals surface area contributed by atoms with E-state index >= 15 is 0 Å². The Bertz CT molecular complexity index is 344. The normalized spacial score (nSPS) is 12.7. The number of methoxy groups -OCH3 is 1. The minimum absolute atomic E-state index is 0.190. The van der Waals surface area contributed by atoms with Crippen LogP contribution in [0, 0.1) is 0 Å². The van der Waals surface area contributed by atoms with Crippen molar-refractivity contribution < 1.29 is 9.47 Å². The van der Waals surface area contributed by atoms with Gasteiger partial charge in [0.25, 0.3) is 0 Å². The zero-order valence-corrected chi connectivity index (χ0v) is 12.6. The van der Waals surface area contributed by atoms with E-state index in [2.05, 4.69) is 38.2 Å². The van der Waals surface area contributed by atoms with E-state index < -0.39 is 0 Å². The highest BCUT2D eigenvalue weighted by molar-refractivity contribution is 5.36. The molecule has 0 amide bonds. The maximum atomic E-state index is 5.91. The van der Waals surface area contributed by atoms with Crippen molar-refractivity contribution in [1.82, 2.24) is 5.32 Å². The van der Waals surface area contributed by atoms with Gasteiger partial charge >= 0.3 is 0 Å². The number of para-hydroxylation sites is 1. The summed E-state index contributed by atoms with van der Waals surface area (Å²) < 4.78 is 11.1. The van der Waals surface area contributed by atoms with Crippen molar-refractivity contribution in [1.29, 1.82) is 0 Å².